The van der Waals surface area contributed by atoms with Crippen LogP contribution >= 0.6 is 0 Å². The Bertz CT molecular complexity index is 256. The molecule has 2 fully saturated rings. The van der Waals surface area contributed by atoms with E-state index in [1.54, 1.807) is 0 Å². The van der Waals surface area contributed by atoms with E-state index in [-0.39, 0.29) is 6.03 Å². The normalized spacial score (nSPS) is 29.1. The summed E-state index contributed by atoms with van der Waals surface area (Å²) in [6.45, 7) is 5.09. The van der Waals surface area contributed by atoms with Gasteiger partial charge in [-0.05, 0) is 51.5 Å². The van der Waals surface area contributed by atoms with Crippen molar-refractivity contribution in [2.75, 3.05) is 19.6 Å². The van der Waals surface area contributed by atoms with Crippen molar-refractivity contribution >= 4 is 6.03 Å². The molecule has 0 bridgehead atoms. The molecule has 0 aromatic heterocycles. The fraction of sp³-hybridized carbons (Fsp3) is 0.929. The smallest absolute Gasteiger partial charge is 0.317 e. The maximum atomic E-state index is 12.1. The summed E-state index contributed by atoms with van der Waals surface area (Å²) < 4.78 is 0. The van der Waals surface area contributed by atoms with Gasteiger partial charge in [-0.2, -0.15) is 0 Å². The van der Waals surface area contributed by atoms with Crippen LogP contribution in [0.1, 0.15) is 51.9 Å². The highest BCUT2D eigenvalue weighted by atomic mass is 16.2. The van der Waals surface area contributed by atoms with Gasteiger partial charge in [-0.3, -0.25) is 0 Å². The quantitative estimate of drug-likeness (QED) is 0.809. The SMILES string of the molecule is CCNC1CCC(NC(=O)N2CCCCC2)CC1. The number of hydrogen-bond donors (Lipinski definition) is 2. The van der Waals surface area contributed by atoms with Gasteiger partial charge in [-0.1, -0.05) is 6.92 Å². The second-order valence-electron chi connectivity index (χ2n) is 5.60. The number of urea groups is 1. The van der Waals surface area contributed by atoms with Gasteiger partial charge in [0, 0.05) is 25.2 Å². The lowest BCUT2D eigenvalue weighted by molar-refractivity contribution is 0.177. The van der Waals surface area contributed by atoms with Crippen LogP contribution in [0, 0.1) is 0 Å². The first kappa shape index (κ1) is 13.7. The molecule has 1 aliphatic heterocycles. The Morgan fingerprint density at radius 1 is 1.06 bits per heavy atom. The molecule has 0 aromatic carbocycles. The molecule has 1 saturated carbocycles. The van der Waals surface area contributed by atoms with Gasteiger partial charge >= 0.3 is 6.03 Å². The summed E-state index contributed by atoms with van der Waals surface area (Å²) in [7, 11) is 0. The largest absolute Gasteiger partial charge is 0.335 e. The summed E-state index contributed by atoms with van der Waals surface area (Å²) in [6, 6.07) is 1.23. The van der Waals surface area contributed by atoms with Gasteiger partial charge in [0.05, 0.1) is 0 Å². The van der Waals surface area contributed by atoms with E-state index in [1.807, 2.05) is 4.90 Å². The summed E-state index contributed by atoms with van der Waals surface area (Å²) >= 11 is 0. The van der Waals surface area contributed by atoms with Crippen molar-refractivity contribution in [2.24, 2.45) is 0 Å². The number of carbonyl (C=O) groups is 1. The summed E-state index contributed by atoms with van der Waals surface area (Å²) in [6.07, 6.45) is 8.24. The standard InChI is InChI=1S/C14H27N3O/c1-2-15-12-6-8-13(9-7-12)16-14(18)17-10-4-3-5-11-17/h12-13,15H,2-11H2,1H3,(H,16,18). The Balaban J connectivity index is 1.68. The first-order valence-corrected chi connectivity index (χ1v) is 7.58. The molecular weight excluding hydrogens is 226 g/mol. The van der Waals surface area contributed by atoms with Crippen LogP contribution in [0.5, 0.6) is 0 Å². The van der Waals surface area contributed by atoms with Crippen LogP contribution in [0.15, 0.2) is 0 Å². The van der Waals surface area contributed by atoms with E-state index in [9.17, 15) is 4.79 Å². The zero-order chi connectivity index (χ0) is 12.8. The van der Waals surface area contributed by atoms with E-state index in [2.05, 4.69) is 17.6 Å². The molecule has 18 heavy (non-hydrogen) atoms. The minimum Gasteiger partial charge on any atom is -0.335 e. The van der Waals surface area contributed by atoms with Gasteiger partial charge in [0.25, 0.3) is 0 Å². The fourth-order valence-corrected chi connectivity index (χ4v) is 3.09. The molecule has 0 radical (unpaired) electrons. The molecule has 2 rings (SSSR count). The zero-order valence-electron chi connectivity index (χ0n) is 11.6. The average molecular weight is 253 g/mol. The lowest BCUT2D eigenvalue weighted by atomic mass is 9.91. The number of rotatable bonds is 3. The number of amides is 2. The highest BCUT2D eigenvalue weighted by Crippen LogP contribution is 2.19. The molecule has 4 nitrogen and oxygen atoms in total. The number of nitrogens with one attached hydrogen (secondary N) is 2. The lowest BCUT2D eigenvalue weighted by Gasteiger charge is -2.33. The maximum Gasteiger partial charge on any atom is 0.317 e. The van der Waals surface area contributed by atoms with Crippen molar-refractivity contribution < 1.29 is 4.79 Å². The predicted molar refractivity (Wildman–Crippen MR) is 73.7 cm³/mol. The first-order chi connectivity index (χ1) is 8.79. The molecule has 0 atom stereocenters. The van der Waals surface area contributed by atoms with Crippen molar-refractivity contribution in [1.82, 2.24) is 15.5 Å². The summed E-state index contributed by atoms with van der Waals surface area (Å²) in [5.74, 6) is 0. The highest BCUT2D eigenvalue weighted by molar-refractivity contribution is 5.74. The van der Waals surface area contributed by atoms with Crippen LogP contribution in [0.25, 0.3) is 0 Å². The van der Waals surface area contributed by atoms with E-state index in [1.165, 1.54) is 32.1 Å². The first-order valence-electron chi connectivity index (χ1n) is 7.58. The lowest BCUT2D eigenvalue weighted by Crippen LogP contribution is -2.48. The minimum absolute atomic E-state index is 0.168. The van der Waals surface area contributed by atoms with Crippen molar-refractivity contribution in [3.8, 4) is 0 Å². The van der Waals surface area contributed by atoms with Gasteiger partial charge in [0.15, 0.2) is 0 Å². The Morgan fingerprint density at radius 3 is 2.28 bits per heavy atom. The molecular formula is C14H27N3O. The van der Waals surface area contributed by atoms with Gasteiger partial charge in [-0.15, -0.1) is 0 Å². The monoisotopic (exact) mass is 253 g/mol. The van der Waals surface area contributed by atoms with Crippen molar-refractivity contribution in [3.63, 3.8) is 0 Å². The van der Waals surface area contributed by atoms with Crippen molar-refractivity contribution in [1.29, 1.82) is 0 Å². The van der Waals surface area contributed by atoms with Crippen LogP contribution in [0.2, 0.25) is 0 Å². The molecule has 1 aliphatic carbocycles. The van der Waals surface area contributed by atoms with Gasteiger partial charge < -0.3 is 15.5 Å². The summed E-state index contributed by atoms with van der Waals surface area (Å²) in [5, 5.41) is 6.71. The van der Waals surface area contributed by atoms with Gasteiger partial charge in [0.2, 0.25) is 0 Å². The molecule has 0 unspecified atom stereocenters. The number of hydrogen-bond acceptors (Lipinski definition) is 2. The van der Waals surface area contributed by atoms with Crippen LogP contribution in [-0.2, 0) is 0 Å². The van der Waals surface area contributed by atoms with Crippen LogP contribution in [-0.4, -0.2) is 42.6 Å². The van der Waals surface area contributed by atoms with Crippen molar-refractivity contribution in [2.45, 2.75) is 64.0 Å². The molecule has 104 valence electrons. The number of likely N-dealkylation sites (tertiary alicyclic amines) is 1. The molecule has 4 heteroatoms. The summed E-state index contributed by atoms with van der Waals surface area (Å²) in [5.41, 5.74) is 0. The van der Waals surface area contributed by atoms with E-state index >= 15 is 0 Å². The molecule has 2 amide bonds. The second-order valence-corrected chi connectivity index (χ2v) is 5.60. The van der Waals surface area contributed by atoms with Crippen LogP contribution in [0.3, 0.4) is 0 Å². The number of nitrogens with zero attached hydrogens (tertiary/aromatic N) is 1. The summed E-state index contributed by atoms with van der Waals surface area (Å²) in [4.78, 5) is 14.1. The molecule has 0 aromatic rings. The van der Waals surface area contributed by atoms with Crippen LogP contribution < -0.4 is 10.6 Å². The zero-order valence-corrected chi connectivity index (χ0v) is 11.6. The molecule has 2 N–H and O–H groups in total. The van der Waals surface area contributed by atoms with Gasteiger partial charge in [0.1, 0.15) is 0 Å². The maximum absolute atomic E-state index is 12.1. The molecule has 2 aliphatic rings. The third-order valence-electron chi connectivity index (χ3n) is 4.19. The third-order valence-corrected chi connectivity index (χ3v) is 4.19. The van der Waals surface area contributed by atoms with Crippen molar-refractivity contribution in [3.05, 3.63) is 0 Å². The second kappa shape index (κ2) is 6.98. The van der Waals surface area contributed by atoms with E-state index < -0.39 is 0 Å². The van der Waals surface area contributed by atoms with E-state index in [4.69, 9.17) is 0 Å². The number of carbonyl (C=O) groups excluding carboxylic acids is 1. The molecule has 1 saturated heterocycles. The number of piperidine rings is 1. The Kier molecular flexibility index (Phi) is 5.29. The third kappa shape index (κ3) is 3.87. The van der Waals surface area contributed by atoms with Crippen LogP contribution in [0.4, 0.5) is 4.79 Å². The topological polar surface area (TPSA) is 44.4 Å². The van der Waals surface area contributed by atoms with E-state index in [0.717, 1.165) is 32.5 Å². The van der Waals surface area contributed by atoms with Gasteiger partial charge in [-0.25, -0.2) is 4.79 Å². The highest BCUT2D eigenvalue weighted by Gasteiger charge is 2.24. The minimum atomic E-state index is 0.168. The van der Waals surface area contributed by atoms with E-state index in [0.29, 0.717) is 12.1 Å². The Labute approximate surface area is 110 Å². The Morgan fingerprint density at radius 2 is 1.67 bits per heavy atom. The fourth-order valence-electron chi connectivity index (χ4n) is 3.09. The Hall–Kier alpha value is -0.770. The predicted octanol–water partition coefficient (Wildman–Crippen LogP) is 2.10. The molecule has 1 heterocycles. The average Bonchev–Trinajstić information content (AvgIpc) is 2.42. The molecule has 0 spiro atoms.